The van der Waals surface area contributed by atoms with Crippen molar-refractivity contribution in [2.75, 3.05) is 0 Å². The first-order valence-corrected chi connectivity index (χ1v) is 8.11. The summed E-state index contributed by atoms with van der Waals surface area (Å²) < 4.78 is 39.7. The monoisotopic (exact) mass is 338 g/mol. The van der Waals surface area contributed by atoms with Gasteiger partial charge in [0.2, 0.25) is 0 Å². The lowest BCUT2D eigenvalue weighted by Crippen LogP contribution is -2.19. The second kappa shape index (κ2) is 6.83. The molecule has 1 N–H and O–H groups in total. The van der Waals surface area contributed by atoms with Gasteiger partial charge in [-0.05, 0) is 42.1 Å². The van der Waals surface area contributed by atoms with Gasteiger partial charge >= 0.3 is 11.4 Å². The van der Waals surface area contributed by atoms with Gasteiger partial charge in [-0.1, -0.05) is 20.8 Å². The molecule has 0 unspecified atom stereocenters. The van der Waals surface area contributed by atoms with E-state index in [2.05, 4.69) is 0 Å². The SMILES string of the molecule is CCc1c(C(=O)O)ccc(C(F)(F)Cl)c1[S@@](=O)[C@@H](C)CC. The second-order valence-corrected chi connectivity index (χ2v) is 6.92. The van der Waals surface area contributed by atoms with Crippen molar-refractivity contribution in [1.82, 2.24) is 0 Å². The van der Waals surface area contributed by atoms with Crippen LogP contribution >= 0.6 is 11.6 Å². The number of hydrogen-bond acceptors (Lipinski definition) is 2. The van der Waals surface area contributed by atoms with Gasteiger partial charge in [-0.15, -0.1) is 0 Å². The second-order valence-electron chi connectivity index (χ2n) is 4.64. The van der Waals surface area contributed by atoms with E-state index in [1.807, 2.05) is 0 Å². The fourth-order valence-corrected chi connectivity index (χ4v) is 3.81. The molecule has 2 atom stereocenters. The molecule has 1 aromatic rings. The lowest BCUT2D eigenvalue weighted by atomic mass is 10.0. The van der Waals surface area contributed by atoms with Crippen LogP contribution in [0.5, 0.6) is 0 Å². The predicted octanol–water partition coefficient (Wildman–Crippen LogP) is 4.14. The third-order valence-electron chi connectivity index (χ3n) is 3.29. The fourth-order valence-electron chi connectivity index (χ4n) is 1.98. The minimum absolute atomic E-state index is 0.117. The Balaban J connectivity index is 3.71. The number of carboxylic acid groups (broad SMARTS) is 1. The number of halogens is 3. The van der Waals surface area contributed by atoms with Crippen LogP contribution in [0.3, 0.4) is 0 Å². The molecule has 0 spiro atoms. The standard InChI is InChI=1S/C14H17ClF2O3S/c1-4-8(3)21(20)12-9(5-2)10(13(18)19)6-7-11(12)14(15,16)17/h6-8H,4-5H2,1-3H3,(H,18,19)/t8-,21-/m0/s1. The normalized spacial score (nSPS) is 14.8. The van der Waals surface area contributed by atoms with E-state index in [1.54, 1.807) is 20.8 Å². The zero-order valence-electron chi connectivity index (χ0n) is 12.0. The first kappa shape index (κ1) is 18.0. The van der Waals surface area contributed by atoms with Gasteiger partial charge in [-0.2, -0.15) is 8.78 Å². The van der Waals surface area contributed by atoms with Gasteiger partial charge in [0, 0.05) is 5.25 Å². The predicted molar refractivity (Wildman–Crippen MR) is 78.7 cm³/mol. The van der Waals surface area contributed by atoms with Crippen LogP contribution < -0.4 is 0 Å². The van der Waals surface area contributed by atoms with Crippen molar-refractivity contribution >= 4 is 28.4 Å². The molecule has 0 aliphatic heterocycles. The minimum Gasteiger partial charge on any atom is -0.478 e. The van der Waals surface area contributed by atoms with E-state index < -0.39 is 27.7 Å². The number of carboxylic acids is 1. The van der Waals surface area contributed by atoms with Gasteiger partial charge in [-0.3, -0.25) is 4.21 Å². The molecular formula is C14H17ClF2O3S. The maximum atomic E-state index is 13.6. The van der Waals surface area contributed by atoms with E-state index in [-0.39, 0.29) is 27.7 Å². The molecule has 0 fully saturated rings. The number of carbonyl (C=O) groups is 1. The van der Waals surface area contributed by atoms with Crippen molar-refractivity contribution in [3.8, 4) is 0 Å². The number of benzene rings is 1. The topological polar surface area (TPSA) is 54.4 Å². The summed E-state index contributed by atoms with van der Waals surface area (Å²) in [5.74, 6) is -1.24. The molecule has 118 valence electrons. The van der Waals surface area contributed by atoms with Crippen molar-refractivity contribution in [2.45, 2.75) is 49.1 Å². The largest absolute Gasteiger partial charge is 0.478 e. The Bertz CT molecular complexity index is 570. The van der Waals surface area contributed by atoms with Gasteiger partial charge in [0.25, 0.3) is 0 Å². The van der Waals surface area contributed by atoms with Crippen LogP contribution in [-0.2, 0) is 22.6 Å². The number of alkyl halides is 3. The summed E-state index contributed by atoms with van der Waals surface area (Å²) in [5, 5.41) is 5.10. The average molecular weight is 339 g/mol. The zero-order valence-corrected chi connectivity index (χ0v) is 13.5. The molecule has 0 aliphatic rings. The van der Waals surface area contributed by atoms with E-state index in [4.69, 9.17) is 11.6 Å². The quantitative estimate of drug-likeness (QED) is 0.793. The van der Waals surface area contributed by atoms with Gasteiger partial charge in [0.05, 0.1) is 26.8 Å². The summed E-state index contributed by atoms with van der Waals surface area (Å²) in [5.41, 5.74) is -0.544. The van der Waals surface area contributed by atoms with Gasteiger partial charge in [-0.25, -0.2) is 4.79 Å². The highest BCUT2D eigenvalue weighted by atomic mass is 35.5. The molecule has 0 radical (unpaired) electrons. The van der Waals surface area contributed by atoms with Crippen LogP contribution in [0.2, 0.25) is 0 Å². The molecular weight excluding hydrogens is 322 g/mol. The summed E-state index contributed by atoms with van der Waals surface area (Å²) in [6.07, 6.45) is 0.695. The summed E-state index contributed by atoms with van der Waals surface area (Å²) in [4.78, 5) is 11.1. The summed E-state index contributed by atoms with van der Waals surface area (Å²) >= 11 is 5.10. The molecule has 0 amide bonds. The maximum Gasteiger partial charge on any atom is 0.349 e. The fraction of sp³-hybridized carbons (Fsp3) is 0.500. The van der Waals surface area contributed by atoms with E-state index in [9.17, 15) is 22.9 Å². The zero-order chi connectivity index (χ0) is 16.4. The van der Waals surface area contributed by atoms with Crippen LogP contribution in [0, 0.1) is 0 Å². The van der Waals surface area contributed by atoms with Crippen LogP contribution in [0.25, 0.3) is 0 Å². The van der Waals surface area contributed by atoms with Crippen molar-refractivity contribution < 1.29 is 22.9 Å². The molecule has 0 aromatic heterocycles. The molecule has 1 rings (SSSR count). The number of rotatable bonds is 6. The van der Waals surface area contributed by atoms with Crippen LogP contribution in [0.1, 0.15) is 48.7 Å². The molecule has 3 nitrogen and oxygen atoms in total. The van der Waals surface area contributed by atoms with Crippen molar-refractivity contribution in [1.29, 1.82) is 0 Å². The Morgan fingerprint density at radius 1 is 1.43 bits per heavy atom. The first-order valence-electron chi connectivity index (χ1n) is 6.52. The Morgan fingerprint density at radius 3 is 2.38 bits per heavy atom. The Labute approximate surface area is 129 Å². The Morgan fingerprint density at radius 2 is 2.00 bits per heavy atom. The van der Waals surface area contributed by atoms with Crippen molar-refractivity contribution in [3.05, 3.63) is 28.8 Å². The summed E-state index contributed by atoms with van der Waals surface area (Å²) in [6.45, 7) is 5.09. The van der Waals surface area contributed by atoms with E-state index >= 15 is 0 Å². The average Bonchev–Trinajstić information content (AvgIpc) is 2.42. The molecule has 0 saturated carbocycles. The third-order valence-corrected chi connectivity index (χ3v) is 5.43. The molecule has 7 heteroatoms. The highest BCUT2D eigenvalue weighted by Crippen LogP contribution is 2.39. The van der Waals surface area contributed by atoms with E-state index in [0.29, 0.717) is 6.42 Å². The van der Waals surface area contributed by atoms with Crippen LogP contribution in [0.15, 0.2) is 17.0 Å². The first-order chi connectivity index (χ1) is 9.65. The molecule has 0 saturated heterocycles. The molecule has 0 heterocycles. The minimum atomic E-state index is -3.70. The highest BCUT2D eigenvalue weighted by Gasteiger charge is 2.36. The Hall–Kier alpha value is -1.01. The maximum absolute atomic E-state index is 13.6. The number of hydrogen-bond donors (Lipinski definition) is 1. The molecule has 0 bridgehead atoms. The summed E-state index contributed by atoms with van der Waals surface area (Å²) in [7, 11) is -1.75. The molecule has 21 heavy (non-hydrogen) atoms. The van der Waals surface area contributed by atoms with E-state index in [0.717, 1.165) is 12.1 Å². The third kappa shape index (κ3) is 3.80. The van der Waals surface area contributed by atoms with E-state index in [1.165, 1.54) is 0 Å². The van der Waals surface area contributed by atoms with Crippen molar-refractivity contribution in [2.24, 2.45) is 0 Å². The van der Waals surface area contributed by atoms with Crippen LogP contribution in [-0.4, -0.2) is 20.5 Å². The Kier molecular flexibility index (Phi) is 5.87. The van der Waals surface area contributed by atoms with Crippen molar-refractivity contribution in [3.63, 3.8) is 0 Å². The molecule has 0 aliphatic carbocycles. The lowest BCUT2D eigenvalue weighted by Gasteiger charge is -2.20. The van der Waals surface area contributed by atoms with Gasteiger partial charge in [0.1, 0.15) is 0 Å². The smallest absolute Gasteiger partial charge is 0.349 e. The van der Waals surface area contributed by atoms with Gasteiger partial charge < -0.3 is 5.11 Å². The van der Waals surface area contributed by atoms with Gasteiger partial charge in [0.15, 0.2) is 0 Å². The lowest BCUT2D eigenvalue weighted by molar-refractivity contribution is 0.0692. The highest BCUT2D eigenvalue weighted by molar-refractivity contribution is 7.85. The summed E-state index contributed by atoms with van der Waals surface area (Å²) in [6, 6.07) is 2.04. The van der Waals surface area contributed by atoms with Crippen LogP contribution in [0.4, 0.5) is 8.78 Å². The number of aromatic carboxylic acids is 1. The molecule has 1 aromatic carbocycles.